The number of hydrogen-bond donors (Lipinski definition) is 0. The number of nitrogens with zero attached hydrogens (tertiary/aromatic N) is 2. The number of benzene rings is 2. The third-order valence-electron chi connectivity index (χ3n) is 7.21. The Morgan fingerprint density at radius 1 is 0.850 bits per heavy atom. The SMILES string of the molecule is COc1cccc(C(=O)CN(C(=O)c2ccc(Cl)c(Cl)c2)N2C(=O)[C@@H]3[C@H](C2=O)[C@@]2(Cl)C(Cl)=C(Cl)[C@@]3(Cl)C2(Cl)Cl)c1. The lowest BCUT2D eigenvalue weighted by molar-refractivity contribution is -0.154. The normalized spacial score (nSPS) is 28.3. The van der Waals surface area contributed by atoms with Crippen molar-refractivity contribution >= 4 is 116 Å². The molecule has 0 spiro atoms. The van der Waals surface area contributed by atoms with E-state index in [4.69, 9.17) is 97.5 Å². The van der Waals surface area contributed by atoms with Crippen LogP contribution in [0.15, 0.2) is 52.5 Å². The second kappa shape index (κ2) is 10.1. The van der Waals surface area contributed by atoms with E-state index >= 15 is 0 Å². The molecule has 2 fully saturated rings. The van der Waals surface area contributed by atoms with E-state index in [0.717, 1.165) is 0 Å². The average Bonchev–Trinajstić information content (AvgIpc) is 3.31. The minimum Gasteiger partial charge on any atom is -0.497 e. The summed E-state index contributed by atoms with van der Waals surface area (Å²) in [6.45, 7) is -0.754. The van der Waals surface area contributed by atoms with Crippen LogP contribution in [0.5, 0.6) is 5.75 Å². The highest BCUT2D eigenvalue weighted by molar-refractivity contribution is 6.66. The van der Waals surface area contributed by atoms with Crippen molar-refractivity contribution in [1.29, 1.82) is 0 Å². The molecule has 0 radical (unpaired) electrons. The number of rotatable bonds is 6. The fourth-order valence-corrected chi connectivity index (χ4v) is 8.48. The van der Waals surface area contributed by atoms with Gasteiger partial charge in [0.1, 0.15) is 22.0 Å². The van der Waals surface area contributed by atoms with Crippen LogP contribution in [0.25, 0.3) is 0 Å². The number of Topliss-reactive ketones (excluding diaryl/α,β-unsaturated/α-hetero) is 1. The second-order valence-corrected chi connectivity index (χ2v) is 13.3. The van der Waals surface area contributed by atoms with E-state index in [2.05, 4.69) is 0 Å². The van der Waals surface area contributed by atoms with E-state index in [1.165, 1.54) is 37.4 Å². The van der Waals surface area contributed by atoms with Crippen LogP contribution in [-0.4, -0.2) is 61.3 Å². The lowest BCUT2D eigenvalue weighted by atomic mass is 9.84. The molecule has 2 aliphatic carbocycles. The van der Waals surface area contributed by atoms with Gasteiger partial charge in [0.25, 0.3) is 17.7 Å². The van der Waals surface area contributed by atoms with Crippen LogP contribution in [0.4, 0.5) is 0 Å². The van der Waals surface area contributed by atoms with Gasteiger partial charge in [-0.25, -0.2) is 5.01 Å². The highest BCUT2D eigenvalue weighted by Gasteiger charge is 2.88. The minimum atomic E-state index is -2.17. The molecule has 0 N–H and O–H groups in total. The Balaban J connectivity index is 1.60. The number of ketones is 1. The average molecular weight is 706 g/mol. The predicted molar refractivity (Wildman–Crippen MR) is 154 cm³/mol. The zero-order chi connectivity index (χ0) is 29.5. The van der Waals surface area contributed by atoms with Crippen LogP contribution in [0.1, 0.15) is 20.7 Å². The first-order valence-corrected chi connectivity index (χ1v) is 14.3. The van der Waals surface area contributed by atoms with Crippen molar-refractivity contribution in [3.8, 4) is 5.75 Å². The fourth-order valence-electron chi connectivity index (χ4n) is 5.25. The Bertz CT molecular complexity index is 1500. The Morgan fingerprint density at radius 2 is 1.43 bits per heavy atom. The Morgan fingerprint density at radius 3 is 1.95 bits per heavy atom. The van der Waals surface area contributed by atoms with Crippen molar-refractivity contribution < 1.29 is 23.9 Å². The molecule has 2 bridgehead atoms. The molecule has 15 heteroatoms. The van der Waals surface area contributed by atoms with Gasteiger partial charge in [0.15, 0.2) is 10.1 Å². The monoisotopic (exact) mass is 702 g/mol. The van der Waals surface area contributed by atoms with Crippen LogP contribution < -0.4 is 4.74 Å². The standard InChI is InChI=1S/C25H14Cl8N2O5/c1-40-12-4-2-3-10(7-12)15(36)9-34(20(37)11-5-6-13(26)14(27)8-11)35-21(38)16-17(22(35)39)24(31)19(29)18(28)23(16,30)25(24,32)33/h2-8,16-17H,9H2,1H3/t16-,17+,23-,24-/m1/s1. The first-order chi connectivity index (χ1) is 18.6. The maximum Gasteiger partial charge on any atom is 0.273 e. The van der Waals surface area contributed by atoms with Crippen molar-refractivity contribution in [2.24, 2.45) is 11.8 Å². The van der Waals surface area contributed by atoms with Gasteiger partial charge in [0.2, 0.25) is 0 Å². The molecule has 7 nitrogen and oxygen atoms in total. The van der Waals surface area contributed by atoms with Crippen LogP contribution in [0.3, 0.4) is 0 Å². The molecule has 2 aromatic rings. The Kier molecular flexibility index (Phi) is 7.58. The summed E-state index contributed by atoms with van der Waals surface area (Å²) in [5, 5.41) is 0.771. The number of amides is 3. The molecule has 2 aromatic carbocycles. The van der Waals surface area contributed by atoms with Crippen molar-refractivity contribution in [2.45, 2.75) is 14.1 Å². The highest BCUT2D eigenvalue weighted by Crippen LogP contribution is 2.77. The summed E-state index contributed by atoms with van der Waals surface area (Å²) in [5.41, 5.74) is 0.0643. The van der Waals surface area contributed by atoms with Crippen molar-refractivity contribution in [1.82, 2.24) is 10.0 Å². The van der Waals surface area contributed by atoms with E-state index in [-0.39, 0.29) is 31.2 Å². The van der Waals surface area contributed by atoms with Gasteiger partial charge in [-0.1, -0.05) is 81.7 Å². The molecular weight excluding hydrogens is 692 g/mol. The molecular formula is C25H14Cl8N2O5. The number of hydrazine groups is 1. The molecule has 1 heterocycles. The lowest BCUT2D eigenvalue weighted by Gasteiger charge is -2.36. The van der Waals surface area contributed by atoms with Crippen molar-refractivity contribution in [3.63, 3.8) is 0 Å². The van der Waals surface area contributed by atoms with Crippen molar-refractivity contribution in [2.75, 3.05) is 13.7 Å². The number of carbonyl (C=O) groups is 4. The van der Waals surface area contributed by atoms with Crippen LogP contribution >= 0.6 is 92.8 Å². The fraction of sp³-hybridized carbons (Fsp3) is 0.280. The van der Waals surface area contributed by atoms with Crippen molar-refractivity contribution in [3.05, 3.63) is 73.7 Å². The molecule has 1 saturated heterocycles. The van der Waals surface area contributed by atoms with Gasteiger partial charge in [-0.3, -0.25) is 19.2 Å². The van der Waals surface area contributed by atoms with Gasteiger partial charge in [0, 0.05) is 11.1 Å². The van der Waals surface area contributed by atoms with Gasteiger partial charge in [-0.05, 0) is 30.3 Å². The molecule has 3 amide bonds. The van der Waals surface area contributed by atoms with Gasteiger partial charge in [-0.2, -0.15) is 5.01 Å². The molecule has 4 atom stereocenters. The third-order valence-corrected chi connectivity index (χ3v) is 12.2. The number of carbonyl (C=O) groups excluding carboxylic acids is 4. The Labute approximate surface area is 267 Å². The number of hydrogen-bond acceptors (Lipinski definition) is 5. The summed E-state index contributed by atoms with van der Waals surface area (Å²) in [6, 6.07) is 10.00. The first kappa shape index (κ1) is 30.1. The number of allylic oxidation sites excluding steroid dienone is 2. The number of fused-ring (bicyclic) bond motifs is 5. The Hall–Kier alpha value is -1.42. The van der Waals surface area contributed by atoms with Gasteiger partial charge < -0.3 is 4.74 Å². The number of alkyl halides is 4. The molecule has 3 aliphatic rings. The molecule has 1 saturated carbocycles. The maximum atomic E-state index is 13.9. The first-order valence-electron chi connectivity index (χ1n) is 11.3. The van der Waals surface area contributed by atoms with Gasteiger partial charge in [-0.15, -0.1) is 23.2 Å². The number of halogens is 8. The molecule has 40 heavy (non-hydrogen) atoms. The lowest BCUT2D eigenvalue weighted by Crippen LogP contribution is -2.56. The summed E-state index contributed by atoms with van der Waals surface area (Å²) in [7, 11) is 1.42. The summed E-state index contributed by atoms with van der Waals surface area (Å²) < 4.78 is 3.00. The third kappa shape index (κ3) is 3.86. The molecule has 210 valence electrons. The molecule has 5 rings (SSSR count). The summed E-state index contributed by atoms with van der Waals surface area (Å²) in [5.74, 6) is -6.23. The minimum absolute atomic E-state index is 0.0248. The molecule has 0 aromatic heterocycles. The molecule has 0 unspecified atom stereocenters. The summed E-state index contributed by atoms with van der Waals surface area (Å²) in [4.78, 5) is 50.9. The zero-order valence-electron chi connectivity index (χ0n) is 19.9. The van der Waals surface area contributed by atoms with E-state index in [0.29, 0.717) is 15.8 Å². The van der Waals surface area contributed by atoms with Gasteiger partial charge in [0.05, 0.1) is 39.1 Å². The summed E-state index contributed by atoms with van der Waals surface area (Å²) >= 11 is 51.5. The van der Waals surface area contributed by atoms with Gasteiger partial charge >= 0.3 is 0 Å². The van der Waals surface area contributed by atoms with E-state index in [9.17, 15) is 19.2 Å². The van der Waals surface area contributed by atoms with E-state index in [1.54, 1.807) is 12.1 Å². The largest absolute Gasteiger partial charge is 0.497 e. The predicted octanol–water partition coefficient (Wildman–Crippen LogP) is 6.69. The van der Waals surface area contributed by atoms with Crippen LogP contribution in [0.2, 0.25) is 10.0 Å². The smallest absolute Gasteiger partial charge is 0.273 e. The van der Waals surface area contributed by atoms with E-state index < -0.39 is 56.0 Å². The number of ether oxygens (including phenoxy) is 1. The number of imide groups is 1. The quantitative estimate of drug-likeness (QED) is 0.190. The topological polar surface area (TPSA) is 84.0 Å². The second-order valence-electron chi connectivity index (χ2n) is 9.22. The van der Waals surface area contributed by atoms with Crippen LogP contribution in [0, 0.1) is 11.8 Å². The number of methoxy groups -OCH3 is 1. The molecule has 1 aliphatic heterocycles. The van der Waals surface area contributed by atoms with Crippen LogP contribution in [-0.2, 0) is 9.59 Å². The maximum absolute atomic E-state index is 13.9. The summed E-state index contributed by atoms with van der Waals surface area (Å²) in [6.07, 6.45) is 0. The highest BCUT2D eigenvalue weighted by atomic mass is 35.5. The zero-order valence-corrected chi connectivity index (χ0v) is 25.9. The van der Waals surface area contributed by atoms with E-state index in [1.807, 2.05) is 0 Å².